The largest absolute Gasteiger partial charge is 0.481 e. The van der Waals surface area contributed by atoms with E-state index in [2.05, 4.69) is 27.4 Å². The zero-order chi connectivity index (χ0) is 21.6. The zero-order valence-corrected chi connectivity index (χ0v) is 17.8. The number of hydrogen-bond donors (Lipinski definition) is 2. The monoisotopic (exact) mass is 422 g/mol. The van der Waals surface area contributed by atoms with Gasteiger partial charge in [0.1, 0.15) is 12.1 Å². The average Bonchev–Trinajstić information content (AvgIpc) is 3.25. The highest BCUT2D eigenvalue weighted by molar-refractivity contribution is 5.67. The number of nitrogens with one attached hydrogen (secondary N) is 1. The summed E-state index contributed by atoms with van der Waals surface area (Å²) in [4.78, 5) is 16.4. The molecule has 0 spiro atoms. The molecule has 0 bridgehead atoms. The third-order valence-electron chi connectivity index (χ3n) is 5.79. The van der Waals surface area contributed by atoms with Crippen LogP contribution in [0.5, 0.6) is 5.88 Å². The van der Waals surface area contributed by atoms with Crippen molar-refractivity contribution in [1.82, 2.24) is 20.3 Å². The Morgan fingerprint density at radius 1 is 1.16 bits per heavy atom. The van der Waals surface area contributed by atoms with Crippen molar-refractivity contribution in [3.63, 3.8) is 0 Å². The second kappa shape index (κ2) is 9.68. The molecule has 3 heterocycles. The van der Waals surface area contributed by atoms with Gasteiger partial charge >= 0.3 is 5.97 Å². The Morgan fingerprint density at radius 3 is 2.81 bits per heavy atom. The number of hydrogen-bond acceptors (Lipinski definition) is 5. The predicted octanol–water partition coefficient (Wildman–Crippen LogP) is 2.61. The van der Waals surface area contributed by atoms with Crippen molar-refractivity contribution < 1.29 is 19.3 Å². The second-order valence-electron chi connectivity index (χ2n) is 7.91. The van der Waals surface area contributed by atoms with Gasteiger partial charge in [0.25, 0.3) is 0 Å². The van der Waals surface area contributed by atoms with Crippen molar-refractivity contribution >= 4 is 5.97 Å². The number of carboxylic acids is 1. The number of pyridine rings is 1. The number of aliphatic carboxylic acids is 1. The van der Waals surface area contributed by atoms with Gasteiger partial charge in [0.05, 0.1) is 13.3 Å². The number of aryl methyl sites for hydroxylation is 4. The lowest BCUT2D eigenvalue weighted by Gasteiger charge is -2.15. The lowest BCUT2D eigenvalue weighted by atomic mass is 9.95. The van der Waals surface area contributed by atoms with Crippen LogP contribution in [0, 0.1) is 0 Å². The number of nitrogens with zero attached hydrogens (tertiary/aromatic N) is 4. The van der Waals surface area contributed by atoms with E-state index in [-0.39, 0.29) is 6.42 Å². The number of carboxylic acid groups (broad SMARTS) is 1. The van der Waals surface area contributed by atoms with Crippen LogP contribution in [0.3, 0.4) is 0 Å². The van der Waals surface area contributed by atoms with E-state index in [1.807, 2.05) is 16.9 Å². The number of aromatic amines is 1. The first-order chi connectivity index (χ1) is 15.1. The molecule has 162 valence electrons. The molecule has 3 aromatic heterocycles. The van der Waals surface area contributed by atoms with Gasteiger partial charge in [-0.1, -0.05) is 6.07 Å². The van der Waals surface area contributed by atoms with Gasteiger partial charge in [-0.2, -0.15) is 5.10 Å². The fourth-order valence-electron chi connectivity index (χ4n) is 4.20. The summed E-state index contributed by atoms with van der Waals surface area (Å²) in [6.45, 7) is 0. The van der Waals surface area contributed by atoms with E-state index in [4.69, 9.17) is 9.72 Å². The van der Waals surface area contributed by atoms with Crippen LogP contribution in [0.15, 0.2) is 36.5 Å². The van der Waals surface area contributed by atoms with Gasteiger partial charge in [-0.15, -0.1) is 14.9 Å². The Balaban J connectivity index is 1.46. The van der Waals surface area contributed by atoms with E-state index in [1.54, 1.807) is 12.1 Å². The molecule has 2 N–H and O–H groups in total. The van der Waals surface area contributed by atoms with Gasteiger partial charge in [0, 0.05) is 29.9 Å². The van der Waals surface area contributed by atoms with Crippen LogP contribution in [0.4, 0.5) is 0 Å². The second-order valence-corrected chi connectivity index (χ2v) is 7.91. The van der Waals surface area contributed by atoms with Crippen LogP contribution >= 0.6 is 0 Å². The quantitative estimate of drug-likeness (QED) is 0.514. The molecule has 0 amide bonds. The molecule has 0 aromatic carbocycles. The smallest absolute Gasteiger partial charge is 0.310 e. The lowest BCUT2D eigenvalue weighted by molar-refractivity contribution is -0.771. The summed E-state index contributed by atoms with van der Waals surface area (Å²) in [5.41, 5.74) is 5.40. The molecule has 8 heteroatoms. The van der Waals surface area contributed by atoms with Gasteiger partial charge < -0.3 is 9.84 Å². The van der Waals surface area contributed by atoms with E-state index in [0.29, 0.717) is 11.6 Å². The summed E-state index contributed by atoms with van der Waals surface area (Å²) in [6.07, 6.45) is 9.09. The molecule has 4 rings (SSSR count). The number of fused-ring (bicyclic) bond motifs is 1. The molecule has 0 radical (unpaired) electrons. The molecule has 1 aliphatic carbocycles. The number of ether oxygens (including phenoxy) is 1. The highest BCUT2D eigenvalue weighted by atomic mass is 16.5. The predicted molar refractivity (Wildman–Crippen MR) is 113 cm³/mol. The first-order valence-corrected chi connectivity index (χ1v) is 10.8. The minimum Gasteiger partial charge on any atom is -0.481 e. The average molecular weight is 423 g/mol. The molecule has 31 heavy (non-hydrogen) atoms. The Morgan fingerprint density at radius 2 is 2.03 bits per heavy atom. The van der Waals surface area contributed by atoms with E-state index in [0.717, 1.165) is 43.5 Å². The van der Waals surface area contributed by atoms with E-state index in [9.17, 15) is 9.90 Å². The molecule has 3 aromatic rings. The standard InChI is InChI=1S/C23H27N5O3/c1-31-22-12-11-20(26-27-22)21(15-23(29)30)28-18(13-14-24-28)7-4-6-17-10-9-16-5-2-3-8-19(16)25-17/h9-14,21H,2-8,15H2,1H3,(H,29,30)/p+1. The molecule has 8 nitrogen and oxygen atoms in total. The molecular weight excluding hydrogens is 394 g/mol. The fraction of sp³-hybridized carbons (Fsp3) is 0.435. The summed E-state index contributed by atoms with van der Waals surface area (Å²) < 4.78 is 6.94. The first-order valence-electron chi connectivity index (χ1n) is 10.8. The number of rotatable bonds is 9. The molecule has 0 aliphatic heterocycles. The topological polar surface area (TPSA) is 105 Å². The maximum Gasteiger partial charge on any atom is 0.310 e. The van der Waals surface area contributed by atoms with Crippen molar-refractivity contribution in [3.05, 3.63) is 64.9 Å². The SMILES string of the molecule is COc1ccc(C(CC(=O)O)[n+]2[nH]ccc2CCCc2ccc3c(n2)CCCC3)nn1. The Hall–Kier alpha value is -3.29. The third-order valence-corrected chi connectivity index (χ3v) is 5.79. The summed E-state index contributed by atoms with van der Waals surface area (Å²) in [7, 11) is 1.52. The minimum atomic E-state index is -0.895. The molecule has 0 saturated carbocycles. The van der Waals surface area contributed by atoms with E-state index >= 15 is 0 Å². The lowest BCUT2D eigenvalue weighted by Crippen LogP contribution is -2.46. The number of aromatic nitrogens is 5. The highest BCUT2D eigenvalue weighted by Gasteiger charge is 2.30. The fourth-order valence-corrected chi connectivity index (χ4v) is 4.20. The first kappa shape index (κ1) is 21.0. The maximum absolute atomic E-state index is 11.5. The molecule has 1 unspecified atom stereocenters. The number of carbonyl (C=O) groups is 1. The normalized spacial score (nSPS) is 14.1. The van der Waals surface area contributed by atoms with Gasteiger partial charge in [-0.3, -0.25) is 9.78 Å². The van der Waals surface area contributed by atoms with Crippen LogP contribution in [0.2, 0.25) is 0 Å². The van der Waals surface area contributed by atoms with Gasteiger partial charge in [0.15, 0.2) is 0 Å². The third kappa shape index (κ3) is 5.07. The molecular formula is C23H28N5O3+. The van der Waals surface area contributed by atoms with Crippen molar-refractivity contribution in [2.24, 2.45) is 0 Å². The summed E-state index contributed by atoms with van der Waals surface area (Å²) in [6, 6.07) is 9.36. The van der Waals surface area contributed by atoms with Crippen molar-refractivity contribution in [2.75, 3.05) is 7.11 Å². The summed E-state index contributed by atoms with van der Waals surface area (Å²) >= 11 is 0. The summed E-state index contributed by atoms with van der Waals surface area (Å²) in [5.74, 6) is -0.499. The van der Waals surface area contributed by atoms with Crippen LogP contribution in [0.25, 0.3) is 0 Å². The van der Waals surface area contributed by atoms with Gasteiger partial charge in [-0.25, -0.2) is 0 Å². The van der Waals surface area contributed by atoms with Crippen LogP contribution in [0.1, 0.15) is 60.1 Å². The number of methoxy groups -OCH3 is 1. The zero-order valence-electron chi connectivity index (χ0n) is 17.8. The highest BCUT2D eigenvalue weighted by Crippen LogP contribution is 2.20. The van der Waals surface area contributed by atoms with Crippen molar-refractivity contribution in [3.8, 4) is 5.88 Å². The van der Waals surface area contributed by atoms with Gasteiger partial charge in [0.2, 0.25) is 17.6 Å². The Kier molecular flexibility index (Phi) is 6.54. The van der Waals surface area contributed by atoms with E-state index in [1.165, 1.54) is 31.2 Å². The molecule has 0 saturated heterocycles. The summed E-state index contributed by atoms with van der Waals surface area (Å²) in [5, 5.41) is 20.8. The van der Waals surface area contributed by atoms with Crippen molar-refractivity contribution in [2.45, 2.75) is 57.4 Å². The number of H-pyrrole nitrogens is 1. The van der Waals surface area contributed by atoms with Crippen molar-refractivity contribution in [1.29, 1.82) is 0 Å². The van der Waals surface area contributed by atoms with Crippen LogP contribution < -0.4 is 9.42 Å². The molecule has 1 atom stereocenters. The molecule has 0 fully saturated rings. The van der Waals surface area contributed by atoms with Crippen LogP contribution in [-0.2, 0) is 30.5 Å². The van der Waals surface area contributed by atoms with Crippen LogP contribution in [-0.4, -0.2) is 38.5 Å². The maximum atomic E-state index is 11.5. The van der Waals surface area contributed by atoms with Gasteiger partial charge in [-0.05, 0) is 56.2 Å². The Bertz CT molecular complexity index is 1030. The molecule has 1 aliphatic rings. The van der Waals surface area contributed by atoms with E-state index < -0.39 is 12.0 Å². The minimum absolute atomic E-state index is 0.0917. The Labute approximate surface area is 181 Å².